The Morgan fingerprint density at radius 3 is 2.41 bits per heavy atom. The highest BCUT2D eigenvalue weighted by atomic mass is 32.1. The topological polar surface area (TPSA) is 41.1 Å². The number of Topliss-reactive ketones (excluding diaryl/α,β-unsaturated/α-hetero) is 1. The molecule has 2 N–H and O–H groups in total. The molecule has 2 atom stereocenters. The third kappa shape index (κ3) is 2.96. The minimum absolute atomic E-state index is 0.130. The van der Waals surface area contributed by atoms with Gasteiger partial charge in [-0.05, 0) is 35.6 Å². The van der Waals surface area contributed by atoms with Crippen LogP contribution in [0.2, 0.25) is 0 Å². The van der Waals surface area contributed by atoms with Crippen molar-refractivity contribution in [1.82, 2.24) is 0 Å². The molecule has 1 aliphatic heterocycles. The number of nitrogens with one attached hydrogen (secondary N) is 2. The zero-order valence-electron chi connectivity index (χ0n) is 14.8. The predicted molar refractivity (Wildman–Crippen MR) is 111 cm³/mol. The second-order valence-corrected chi connectivity index (χ2v) is 8.07. The Kier molecular flexibility index (Phi) is 4.06. The van der Waals surface area contributed by atoms with Crippen molar-refractivity contribution in [2.24, 2.45) is 0 Å². The number of anilines is 2. The number of hydrogen-bond acceptors (Lipinski definition) is 4. The van der Waals surface area contributed by atoms with E-state index in [1.807, 2.05) is 30.3 Å². The van der Waals surface area contributed by atoms with E-state index in [0.29, 0.717) is 6.42 Å². The number of fused-ring (bicyclic) bond motifs is 1. The first kappa shape index (κ1) is 16.3. The average molecular weight is 372 g/mol. The molecule has 0 spiro atoms. The van der Waals surface area contributed by atoms with Gasteiger partial charge in [-0.3, -0.25) is 4.79 Å². The van der Waals surface area contributed by atoms with Gasteiger partial charge in [0.2, 0.25) is 0 Å². The van der Waals surface area contributed by atoms with Gasteiger partial charge in [-0.15, -0.1) is 11.3 Å². The SMILES string of the molecule is O=C1CC(c2cccs2)CC2=C1C(c1ccccc1)Nc1ccccc1N2. The lowest BCUT2D eigenvalue weighted by atomic mass is 9.81. The third-order valence-electron chi connectivity index (χ3n) is 5.39. The van der Waals surface area contributed by atoms with E-state index in [0.717, 1.165) is 34.6 Å². The molecule has 1 aliphatic carbocycles. The molecule has 2 aliphatic rings. The fourth-order valence-corrected chi connectivity index (χ4v) is 4.94. The Morgan fingerprint density at radius 2 is 1.63 bits per heavy atom. The first-order chi connectivity index (χ1) is 13.3. The molecule has 5 rings (SSSR count). The Labute approximate surface area is 162 Å². The first-order valence-electron chi connectivity index (χ1n) is 9.27. The standard InChI is InChI=1S/C23H20N2OS/c26-20-14-16(21-11-6-12-27-21)13-19-22(20)23(15-7-2-1-3-8-15)25-18-10-5-4-9-17(18)24-19/h1-12,16,23-25H,13-14H2. The number of hydrogen-bond donors (Lipinski definition) is 2. The number of allylic oxidation sites excluding steroid dienone is 1. The number of thiophene rings is 1. The number of para-hydroxylation sites is 2. The van der Waals surface area contributed by atoms with Gasteiger partial charge in [0.1, 0.15) is 0 Å². The maximum atomic E-state index is 13.3. The number of benzene rings is 2. The number of rotatable bonds is 2. The lowest BCUT2D eigenvalue weighted by Gasteiger charge is -2.29. The maximum absolute atomic E-state index is 13.3. The molecule has 2 heterocycles. The highest BCUT2D eigenvalue weighted by Gasteiger charge is 2.36. The zero-order chi connectivity index (χ0) is 18.2. The molecule has 1 aromatic heterocycles. The predicted octanol–water partition coefficient (Wildman–Crippen LogP) is 5.73. The molecule has 3 nitrogen and oxygen atoms in total. The second kappa shape index (κ2) is 6.71. The molecule has 0 fully saturated rings. The van der Waals surface area contributed by atoms with Crippen molar-refractivity contribution in [2.45, 2.75) is 24.8 Å². The summed E-state index contributed by atoms with van der Waals surface area (Å²) in [6.07, 6.45) is 1.43. The van der Waals surface area contributed by atoms with Crippen LogP contribution >= 0.6 is 11.3 Å². The van der Waals surface area contributed by atoms with Crippen molar-refractivity contribution in [2.75, 3.05) is 10.6 Å². The van der Waals surface area contributed by atoms with E-state index in [1.165, 1.54) is 4.88 Å². The summed E-state index contributed by atoms with van der Waals surface area (Å²) in [5.74, 6) is 0.488. The molecule has 0 bridgehead atoms. The first-order valence-corrected chi connectivity index (χ1v) is 10.1. The van der Waals surface area contributed by atoms with Crippen LogP contribution in [-0.4, -0.2) is 5.78 Å². The summed E-state index contributed by atoms with van der Waals surface area (Å²) in [6.45, 7) is 0. The van der Waals surface area contributed by atoms with Gasteiger partial charge in [0.15, 0.2) is 5.78 Å². The molecule has 0 saturated heterocycles. The van der Waals surface area contributed by atoms with Gasteiger partial charge < -0.3 is 10.6 Å². The normalized spacial score (nSPS) is 21.6. The molecular weight excluding hydrogens is 352 g/mol. The minimum Gasteiger partial charge on any atom is -0.372 e. The number of ketones is 1. The van der Waals surface area contributed by atoms with Crippen LogP contribution in [0.25, 0.3) is 0 Å². The summed E-state index contributed by atoms with van der Waals surface area (Å²) >= 11 is 1.74. The van der Waals surface area contributed by atoms with Crippen LogP contribution in [0.3, 0.4) is 0 Å². The van der Waals surface area contributed by atoms with E-state index in [1.54, 1.807) is 11.3 Å². The Balaban J connectivity index is 1.63. The molecular formula is C23H20N2OS. The number of carbonyl (C=O) groups is 1. The van der Waals surface area contributed by atoms with Crippen molar-refractivity contribution in [1.29, 1.82) is 0 Å². The summed E-state index contributed by atoms with van der Waals surface area (Å²) < 4.78 is 0. The van der Waals surface area contributed by atoms with E-state index in [9.17, 15) is 4.79 Å². The number of carbonyl (C=O) groups excluding carboxylic acids is 1. The molecule has 0 amide bonds. The molecule has 4 heteroatoms. The van der Waals surface area contributed by atoms with Gasteiger partial charge >= 0.3 is 0 Å². The van der Waals surface area contributed by atoms with Crippen LogP contribution in [0.5, 0.6) is 0 Å². The smallest absolute Gasteiger partial charge is 0.163 e. The summed E-state index contributed by atoms with van der Waals surface area (Å²) in [4.78, 5) is 14.6. The summed E-state index contributed by atoms with van der Waals surface area (Å²) in [5.41, 5.74) is 5.11. The average Bonchev–Trinajstić information content (AvgIpc) is 3.17. The van der Waals surface area contributed by atoms with Crippen molar-refractivity contribution in [3.05, 3.63) is 93.8 Å². The van der Waals surface area contributed by atoms with Crippen LogP contribution in [0.15, 0.2) is 83.4 Å². The van der Waals surface area contributed by atoms with Crippen molar-refractivity contribution in [3.8, 4) is 0 Å². The molecule has 2 unspecified atom stereocenters. The van der Waals surface area contributed by atoms with E-state index in [-0.39, 0.29) is 17.7 Å². The Morgan fingerprint density at radius 1 is 0.852 bits per heavy atom. The monoisotopic (exact) mass is 372 g/mol. The molecule has 0 radical (unpaired) electrons. The van der Waals surface area contributed by atoms with E-state index in [2.05, 4.69) is 52.4 Å². The highest BCUT2D eigenvalue weighted by molar-refractivity contribution is 7.10. The molecule has 0 saturated carbocycles. The summed E-state index contributed by atoms with van der Waals surface area (Å²) in [5, 5.41) is 9.29. The largest absolute Gasteiger partial charge is 0.372 e. The van der Waals surface area contributed by atoms with Crippen LogP contribution in [0, 0.1) is 0 Å². The Hall–Kier alpha value is -2.85. The van der Waals surface area contributed by atoms with Crippen LogP contribution in [0.1, 0.15) is 35.2 Å². The van der Waals surface area contributed by atoms with Crippen molar-refractivity contribution < 1.29 is 4.79 Å². The summed E-state index contributed by atoms with van der Waals surface area (Å²) in [7, 11) is 0. The Bertz CT molecular complexity index is 1010. The molecule has 2 aromatic carbocycles. The van der Waals surface area contributed by atoms with E-state index >= 15 is 0 Å². The van der Waals surface area contributed by atoms with Crippen LogP contribution < -0.4 is 10.6 Å². The maximum Gasteiger partial charge on any atom is 0.163 e. The minimum atomic E-state index is -0.130. The van der Waals surface area contributed by atoms with Crippen molar-refractivity contribution in [3.63, 3.8) is 0 Å². The van der Waals surface area contributed by atoms with E-state index < -0.39 is 0 Å². The zero-order valence-corrected chi connectivity index (χ0v) is 15.6. The van der Waals surface area contributed by atoms with Crippen LogP contribution in [0.4, 0.5) is 11.4 Å². The fraction of sp³-hybridized carbons (Fsp3) is 0.174. The van der Waals surface area contributed by atoms with E-state index in [4.69, 9.17) is 0 Å². The second-order valence-electron chi connectivity index (χ2n) is 7.09. The van der Waals surface area contributed by atoms with Gasteiger partial charge in [-0.1, -0.05) is 48.5 Å². The quantitative estimate of drug-likeness (QED) is 0.604. The van der Waals surface area contributed by atoms with Gasteiger partial charge in [-0.2, -0.15) is 0 Å². The third-order valence-corrected chi connectivity index (χ3v) is 6.42. The molecule has 27 heavy (non-hydrogen) atoms. The lowest BCUT2D eigenvalue weighted by molar-refractivity contribution is -0.116. The van der Waals surface area contributed by atoms with Crippen molar-refractivity contribution >= 4 is 28.5 Å². The van der Waals surface area contributed by atoms with Gasteiger partial charge in [-0.25, -0.2) is 0 Å². The molecule has 3 aromatic rings. The highest BCUT2D eigenvalue weighted by Crippen LogP contribution is 2.44. The lowest BCUT2D eigenvalue weighted by Crippen LogP contribution is -2.26. The van der Waals surface area contributed by atoms with Crippen LogP contribution in [-0.2, 0) is 4.79 Å². The molecule has 134 valence electrons. The van der Waals surface area contributed by atoms with Gasteiger partial charge in [0.25, 0.3) is 0 Å². The summed E-state index contributed by atoms with van der Waals surface area (Å²) in [6, 6.07) is 22.5. The fourth-order valence-electron chi connectivity index (χ4n) is 4.11. The van der Waals surface area contributed by atoms with Gasteiger partial charge in [0.05, 0.1) is 17.4 Å². The van der Waals surface area contributed by atoms with Gasteiger partial charge in [0, 0.05) is 28.5 Å².